The van der Waals surface area contributed by atoms with Crippen LogP contribution in [-0.2, 0) is 11.2 Å². The monoisotopic (exact) mass is 427 g/mol. The van der Waals surface area contributed by atoms with E-state index in [1.165, 1.54) is 11.3 Å². The summed E-state index contributed by atoms with van der Waals surface area (Å²) in [6, 6.07) is 0. The zero-order valence-electron chi connectivity index (χ0n) is 18.1. The summed E-state index contributed by atoms with van der Waals surface area (Å²) in [5, 5.41) is 0. The third kappa shape index (κ3) is 3.97. The van der Waals surface area contributed by atoms with Crippen LogP contribution in [0.25, 0.3) is 0 Å². The lowest BCUT2D eigenvalue weighted by atomic mass is 9.94. The van der Waals surface area contributed by atoms with Gasteiger partial charge in [-0.2, -0.15) is 0 Å². The number of piperidine rings is 1. The van der Waals surface area contributed by atoms with Crippen LogP contribution >= 0.6 is 11.3 Å². The molecule has 0 spiro atoms. The molecule has 2 aliphatic heterocycles. The first-order valence-corrected chi connectivity index (χ1v) is 11.6. The topological polar surface area (TPSA) is 79.3 Å². The van der Waals surface area contributed by atoms with E-state index >= 15 is 0 Å². The van der Waals surface area contributed by atoms with Gasteiger partial charge in [0, 0.05) is 43.2 Å². The van der Waals surface area contributed by atoms with Crippen molar-refractivity contribution < 1.29 is 9.59 Å². The number of thiazole rings is 1. The van der Waals surface area contributed by atoms with Crippen LogP contribution in [0, 0.1) is 19.8 Å². The van der Waals surface area contributed by atoms with Gasteiger partial charge in [0.25, 0.3) is 5.91 Å². The average molecular weight is 428 g/mol. The molecular formula is C22H29N5O2S. The van der Waals surface area contributed by atoms with Crippen molar-refractivity contribution in [1.29, 1.82) is 0 Å². The first-order valence-electron chi connectivity index (χ1n) is 10.7. The molecule has 4 rings (SSSR count). The molecule has 8 heteroatoms. The molecule has 1 fully saturated rings. The summed E-state index contributed by atoms with van der Waals surface area (Å²) < 4.78 is 0. The smallest absolute Gasteiger partial charge is 0.265 e. The van der Waals surface area contributed by atoms with Crippen molar-refractivity contribution in [3.05, 3.63) is 33.2 Å². The Hall–Kier alpha value is -2.35. The molecule has 0 bridgehead atoms. The fourth-order valence-corrected chi connectivity index (χ4v) is 5.10. The zero-order valence-corrected chi connectivity index (χ0v) is 19.0. The van der Waals surface area contributed by atoms with Gasteiger partial charge in [0.05, 0.1) is 11.2 Å². The second-order valence-corrected chi connectivity index (χ2v) is 9.56. The molecule has 2 aromatic heterocycles. The minimum absolute atomic E-state index is 0.0738. The first-order chi connectivity index (χ1) is 14.3. The lowest BCUT2D eigenvalue weighted by Crippen LogP contribution is -2.40. The van der Waals surface area contributed by atoms with Crippen molar-refractivity contribution >= 4 is 29.0 Å². The maximum Gasteiger partial charge on any atom is 0.265 e. The van der Waals surface area contributed by atoms with Crippen molar-refractivity contribution in [3.8, 4) is 0 Å². The second kappa shape index (κ2) is 8.41. The standard InChI is InChI=1S/C22H29N5O2S/c1-13(2)11-27-18(28)6-5-17-14(3)24-20(25-21(17)27)16-7-9-26(10-8-16)22(29)19-15(4)23-12-30-19/h12-13,16H,5-11H2,1-4H3. The number of likely N-dealkylation sites (tertiary alicyclic amines) is 1. The average Bonchev–Trinajstić information content (AvgIpc) is 3.15. The van der Waals surface area contributed by atoms with Gasteiger partial charge >= 0.3 is 0 Å². The van der Waals surface area contributed by atoms with Gasteiger partial charge in [-0.05, 0) is 39.0 Å². The number of nitrogens with zero attached hydrogens (tertiary/aromatic N) is 5. The summed E-state index contributed by atoms with van der Waals surface area (Å²) in [4.78, 5) is 43.8. The minimum atomic E-state index is 0.0738. The van der Waals surface area contributed by atoms with Gasteiger partial charge < -0.3 is 4.90 Å². The van der Waals surface area contributed by atoms with Crippen LogP contribution < -0.4 is 4.90 Å². The number of carbonyl (C=O) groups excluding carboxylic acids is 2. The number of aryl methyl sites for hydroxylation is 2. The van der Waals surface area contributed by atoms with Crippen LogP contribution in [0.15, 0.2) is 5.51 Å². The molecule has 0 aliphatic carbocycles. The molecule has 1 saturated heterocycles. The normalized spacial score (nSPS) is 17.6. The quantitative estimate of drug-likeness (QED) is 0.746. The summed E-state index contributed by atoms with van der Waals surface area (Å²) in [7, 11) is 0. The van der Waals surface area contributed by atoms with E-state index in [2.05, 4.69) is 18.8 Å². The Balaban J connectivity index is 1.52. The number of carbonyl (C=O) groups is 2. The van der Waals surface area contributed by atoms with Gasteiger partial charge in [-0.1, -0.05) is 13.8 Å². The Morgan fingerprint density at radius 1 is 1.17 bits per heavy atom. The molecular weight excluding hydrogens is 398 g/mol. The van der Waals surface area contributed by atoms with Gasteiger partial charge in [-0.3, -0.25) is 14.5 Å². The maximum atomic E-state index is 12.8. The van der Waals surface area contributed by atoms with E-state index in [9.17, 15) is 9.59 Å². The molecule has 160 valence electrons. The predicted molar refractivity (Wildman–Crippen MR) is 117 cm³/mol. The first kappa shape index (κ1) is 20.9. The van der Waals surface area contributed by atoms with Gasteiger partial charge in [0.15, 0.2) is 0 Å². The van der Waals surface area contributed by atoms with E-state index in [0.29, 0.717) is 32.0 Å². The SMILES string of the molecule is Cc1ncsc1C(=O)N1CCC(c2nc(C)c3c(n2)N(CC(C)C)C(=O)CC3)CC1. The van der Waals surface area contributed by atoms with E-state index in [1.807, 2.05) is 23.6 Å². The molecule has 2 amide bonds. The van der Waals surface area contributed by atoms with Crippen LogP contribution in [-0.4, -0.2) is 51.3 Å². The summed E-state index contributed by atoms with van der Waals surface area (Å²) in [5.41, 5.74) is 4.61. The van der Waals surface area contributed by atoms with E-state index in [1.54, 1.807) is 5.51 Å². The second-order valence-electron chi connectivity index (χ2n) is 8.70. The lowest BCUT2D eigenvalue weighted by Gasteiger charge is -2.33. The fraction of sp³-hybridized carbons (Fsp3) is 0.591. The van der Waals surface area contributed by atoms with Gasteiger partial charge in [-0.25, -0.2) is 15.0 Å². The van der Waals surface area contributed by atoms with Gasteiger partial charge in [0.2, 0.25) is 5.91 Å². The molecule has 4 heterocycles. The third-order valence-corrected chi connectivity index (χ3v) is 6.91. The van der Waals surface area contributed by atoms with E-state index in [0.717, 1.165) is 52.7 Å². The van der Waals surface area contributed by atoms with Gasteiger partial charge in [0.1, 0.15) is 16.5 Å². The number of anilines is 1. The number of hydrogen-bond donors (Lipinski definition) is 0. The van der Waals surface area contributed by atoms with Crippen LogP contribution in [0.5, 0.6) is 0 Å². The summed E-state index contributed by atoms with van der Waals surface area (Å²) >= 11 is 1.41. The van der Waals surface area contributed by atoms with E-state index in [-0.39, 0.29) is 17.7 Å². The highest BCUT2D eigenvalue weighted by atomic mass is 32.1. The largest absolute Gasteiger partial charge is 0.338 e. The molecule has 0 unspecified atom stereocenters. The van der Waals surface area contributed by atoms with Crippen molar-refractivity contribution in [2.24, 2.45) is 5.92 Å². The Kier molecular flexibility index (Phi) is 5.86. The highest BCUT2D eigenvalue weighted by molar-refractivity contribution is 7.11. The Bertz CT molecular complexity index is 962. The lowest BCUT2D eigenvalue weighted by molar-refractivity contribution is -0.119. The molecule has 30 heavy (non-hydrogen) atoms. The van der Waals surface area contributed by atoms with Crippen LogP contribution in [0.4, 0.5) is 5.82 Å². The predicted octanol–water partition coefficient (Wildman–Crippen LogP) is 3.50. The number of aromatic nitrogens is 3. The Labute approximate surface area is 181 Å². The maximum absolute atomic E-state index is 12.8. The van der Waals surface area contributed by atoms with Crippen molar-refractivity contribution in [2.45, 2.75) is 59.3 Å². The van der Waals surface area contributed by atoms with Crippen LogP contribution in [0.2, 0.25) is 0 Å². The summed E-state index contributed by atoms with van der Waals surface area (Å²) in [6.45, 7) is 10.2. The molecule has 2 aliphatic rings. The van der Waals surface area contributed by atoms with Crippen LogP contribution in [0.3, 0.4) is 0 Å². The molecule has 0 saturated carbocycles. The Morgan fingerprint density at radius 2 is 1.90 bits per heavy atom. The van der Waals surface area contributed by atoms with Crippen molar-refractivity contribution in [3.63, 3.8) is 0 Å². The number of hydrogen-bond acceptors (Lipinski definition) is 6. The highest BCUT2D eigenvalue weighted by Crippen LogP contribution is 2.33. The molecule has 2 aromatic rings. The number of fused-ring (bicyclic) bond motifs is 1. The highest BCUT2D eigenvalue weighted by Gasteiger charge is 2.32. The van der Waals surface area contributed by atoms with Crippen molar-refractivity contribution in [1.82, 2.24) is 19.9 Å². The third-order valence-electron chi connectivity index (χ3n) is 5.99. The number of amides is 2. The summed E-state index contributed by atoms with van der Waals surface area (Å²) in [6.07, 6.45) is 2.91. The van der Waals surface area contributed by atoms with E-state index in [4.69, 9.17) is 9.97 Å². The number of rotatable bonds is 4. The Morgan fingerprint density at radius 3 is 2.53 bits per heavy atom. The zero-order chi connectivity index (χ0) is 21.4. The summed E-state index contributed by atoms with van der Waals surface area (Å²) in [5.74, 6) is 2.43. The molecule has 0 radical (unpaired) electrons. The van der Waals surface area contributed by atoms with E-state index < -0.39 is 0 Å². The molecule has 0 N–H and O–H groups in total. The molecule has 7 nitrogen and oxygen atoms in total. The van der Waals surface area contributed by atoms with Gasteiger partial charge in [-0.15, -0.1) is 11.3 Å². The van der Waals surface area contributed by atoms with Crippen molar-refractivity contribution in [2.75, 3.05) is 24.5 Å². The van der Waals surface area contributed by atoms with Crippen LogP contribution in [0.1, 0.15) is 71.5 Å². The fourth-order valence-electron chi connectivity index (χ4n) is 4.33. The minimum Gasteiger partial charge on any atom is -0.338 e. The molecule has 0 aromatic carbocycles. The molecule has 0 atom stereocenters.